The van der Waals surface area contributed by atoms with Gasteiger partial charge in [0.25, 0.3) is 0 Å². The van der Waals surface area contributed by atoms with E-state index in [1.54, 1.807) is 6.07 Å². The van der Waals surface area contributed by atoms with Crippen molar-refractivity contribution in [1.29, 1.82) is 0 Å². The zero-order chi connectivity index (χ0) is 17.2. The molecule has 2 saturated heterocycles. The van der Waals surface area contributed by atoms with Gasteiger partial charge < -0.3 is 14.4 Å². The molecule has 7 heteroatoms. The molecular weight excluding hydrogens is 310 g/mol. The van der Waals surface area contributed by atoms with E-state index in [1.807, 2.05) is 6.07 Å². The molecule has 0 atom stereocenters. The van der Waals surface area contributed by atoms with Crippen LogP contribution in [0.4, 0.5) is 11.4 Å². The molecule has 0 aliphatic carbocycles. The number of ether oxygens (including phenoxy) is 2. The minimum atomic E-state index is -0.408. The number of nitro groups is 1. The molecule has 2 aliphatic rings. The number of rotatable bonds is 4. The lowest BCUT2D eigenvalue weighted by Crippen LogP contribution is -2.56. The predicted molar refractivity (Wildman–Crippen MR) is 91.9 cm³/mol. The lowest BCUT2D eigenvalue weighted by Gasteiger charge is -2.48. The first-order chi connectivity index (χ1) is 11.5. The standard InChI is InChI=1S/C17H25N3O4/c1-17(19-9-11-24-12-10-19)5-7-18(8-6-17)14-3-4-15(20(21)22)16(13-14)23-2/h3-4,13H,5-12H2,1-2H3. The van der Waals surface area contributed by atoms with E-state index in [4.69, 9.17) is 9.47 Å². The zero-order valence-corrected chi connectivity index (χ0v) is 14.4. The third kappa shape index (κ3) is 3.32. The summed E-state index contributed by atoms with van der Waals surface area (Å²) in [6, 6.07) is 5.12. The average Bonchev–Trinajstić information content (AvgIpc) is 2.62. The van der Waals surface area contributed by atoms with Crippen molar-refractivity contribution in [3.63, 3.8) is 0 Å². The van der Waals surface area contributed by atoms with Crippen LogP contribution in [0.1, 0.15) is 19.8 Å². The van der Waals surface area contributed by atoms with Gasteiger partial charge in [0.1, 0.15) is 0 Å². The number of methoxy groups -OCH3 is 1. The molecule has 0 radical (unpaired) electrons. The first-order valence-electron chi connectivity index (χ1n) is 8.44. The molecule has 7 nitrogen and oxygen atoms in total. The van der Waals surface area contributed by atoms with Gasteiger partial charge in [-0.05, 0) is 25.8 Å². The molecule has 1 aromatic rings. The number of hydrogen-bond acceptors (Lipinski definition) is 6. The molecule has 1 aromatic carbocycles. The van der Waals surface area contributed by atoms with Gasteiger partial charge in [-0.15, -0.1) is 0 Å². The summed E-state index contributed by atoms with van der Waals surface area (Å²) in [5.41, 5.74) is 1.21. The molecule has 0 N–H and O–H groups in total. The van der Waals surface area contributed by atoms with Gasteiger partial charge in [-0.2, -0.15) is 0 Å². The van der Waals surface area contributed by atoms with E-state index in [0.717, 1.165) is 57.9 Å². The van der Waals surface area contributed by atoms with Crippen molar-refractivity contribution in [3.05, 3.63) is 28.3 Å². The lowest BCUT2D eigenvalue weighted by atomic mass is 9.87. The van der Waals surface area contributed by atoms with Crippen molar-refractivity contribution in [2.45, 2.75) is 25.3 Å². The number of piperidine rings is 1. The number of benzene rings is 1. The summed E-state index contributed by atoms with van der Waals surface area (Å²) in [5, 5.41) is 11.0. The highest BCUT2D eigenvalue weighted by Gasteiger charge is 2.36. The number of nitro benzene ring substituents is 1. The second kappa shape index (κ2) is 6.94. The number of hydrogen-bond donors (Lipinski definition) is 0. The third-order valence-electron chi connectivity index (χ3n) is 5.34. The largest absolute Gasteiger partial charge is 0.490 e. The molecule has 0 aromatic heterocycles. The number of morpholine rings is 1. The van der Waals surface area contributed by atoms with Crippen molar-refractivity contribution >= 4 is 11.4 Å². The lowest BCUT2D eigenvalue weighted by molar-refractivity contribution is -0.385. The first kappa shape index (κ1) is 17.0. The second-order valence-corrected chi connectivity index (χ2v) is 6.70. The Bertz CT molecular complexity index is 593. The van der Waals surface area contributed by atoms with E-state index in [2.05, 4.69) is 16.7 Å². The van der Waals surface area contributed by atoms with Gasteiger partial charge in [0.05, 0.1) is 25.2 Å². The van der Waals surface area contributed by atoms with Gasteiger partial charge in [0.2, 0.25) is 0 Å². The monoisotopic (exact) mass is 335 g/mol. The molecule has 2 aliphatic heterocycles. The van der Waals surface area contributed by atoms with Gasteiger partial charge >= 0.3 is 5.69 Å². The van der Waals surface area contributed by atoms with Crippen LogP contribution in [0.15, 0.2) is 18.2 Å². The third-order valence-corrected chi connectivity index (χ3v) is 5.34. The van der Waals surface area contributed by atoms with Crippen molar-refractivity contribution in [3.8, 4) is 5.75 Å². The molecule has 2 heterocycles. The van der Waals surface area contributed by atoms with Crippen LogP contribution in [0.2, 0.25) is 0 Å². The fraction of sp³-hybridized carbons (Fsp3) is 0.647. The topological polar surface area (TPSA) is 68.1 Å². The normalized spacial score (nSPS) is 21.5. The summed E-state index contributed by atoms with van der Waals surface area (Å²) >= 11 is 0. The Kier molecular flexibility index (Phi) is 4.91. The van der Waals surface area contributed by atoms with Crippen LogP contribution in [0.25, 0.3) is 0 Å². The quantitative estimate of drug-likeness (QED) is 0.621. The maximum atomic E-state index is 11.0. The Morgan fingerprint density at radius 3 is 2.46 bits per heavy atom. The average molecular weight is 335 g/mol. The summed E-state index contributed by atoms with van der Waals surface area (Å²) in [5.74, 6) is 0.319. The summed E-state index contributed by atoms with van der Waals surface area (Å²) in [6.45, 7) is 7.86. The van der Waals surface area contributed by atoms with Crippen molar-refractivity contribution in [2.24, 2.45) is 0 Å². The highest BCUT2D eigenvalue weighted by molar-refractivity contribution is 5.59. The Labute approximate surface area is 142 Å². The summed E-state index contributed by atoms with van der Waals surface area (Å²) < 4.78 is 10.6. The molecule has 0 amide bonds. The summed E-state index contributed by atoms with van der Waals surface area (Å²) in [4.78, 5) is 15.4. The van der Waals surface area contributed by atoms with E-state index >= 15 is 0 Å². The zero-order valence-electron chi connectivity index (χ0n) is 14.4. The van der Waals surface area contributed by atoms with Crippen LogP contribution in [-0.4, -0.2) is 61.9 Å². The van der Waals surface area contributed by atoms with Crippen LogP contribution < -0.4 is 9.64 Å². The van der Waals surface area contributed by atoms with Crippen LogP contribution in [-0.2, 0) is 4.74 Å². The highest BCUT2D eigenvalue weighted by atomic mass is 16.6. The molecule has 2 fully saturated rings. The van der Waals surface area contributed by atoms with Crippen LogP contribution in [0, 0.1) is 10.1 Å². The maximum Gasteiger partial charge on any atom is 0.311 e. The van der Waals surface area contributed by atoms with Gasteiger partial charge in [-0.25, -0.2) is 0 Å². The molecule has 0 bridgehead atoms. The van der Waals surface area contributed by atoms with Crippen LogP contribution in [0.3, 0.4) is 0 Å². The van der Waals surface area contributed by atoms with Crippen molar-refractivity contribution in [2.75, 3.05) is 51.4 Å². The van der Waals surface area contributed by atoms with Crippen LogP contribution in [0.5, 0.6) is 5.75 Å². The molecular formula is C17H25N3O4. The van der Waals surface area contributed by atoms with E-state index < -0.39 is 4.92 Å². The Hall–Kier alpha value is -1.86. The SMILES string of the molecule is COc1cc(N2CCC(C)(N3CCOCC3)CC2)ccc1[N+](=O)[O-]. The van der Waals surface area contributed by atoms with Crippen LogP contribution >= 0.6 is 0 Å². The summed E-state index contributed by atoms with van der Waals surface area (Å²) in [6.07, 6.45) is 2.15. The van der Waals surface area contributed by atoms with E-state index in [-0.39, 0.29) is 11.2 Å². The Morgan fingerprint density at radius 2 is 1.88 bits per heavy atom. The first-order valence-corrected chi connectivity index (χ1v) is 8.44. The molecule has 0 saturated carbocycles. The summed E-state index contributed by atoms with van der Waals surface area (Å²) in [7, 11) is 1.47. The van der Waals surface area contributed by atoms with E-state index in [1.165, 1.54) is 13.2 Å². The Morgan fingerprint density at radius 1 is 1.21 bits per heavy atom. The minimum absolute atomic E-state index is 0.0106. The Balaban J connectivity index is 1.69. The van der Waals surface area contributed by atoms with Gasteiger partial charge in [-0.3, -0.25) is 15.0 Å². The molecule has 3 rings (SSSR count). The van der Waals surface area contributed by atoms with E-state index in [0.29, 0.717) is 5.75 Å². The smallest absolute Gasteiger partial charge is 0.311 e. The van der Waals surface area contributed by atoms with Crippen molar-refractivity contribution in [1.82, 2.24) is 4.90 Å². The fourth-order valence-electron chi connectivity index (χ4n) is 3.68. The predicted octanol–water partition coefficient (Wildman–Crippen LogP) is 2.29. The highest BCUT2D eigenvalue weighted by Crippen LogP contribution is 2.35. The van der Waals surface area contributed by atoms with Gasteiger partial charge in [0.15, 0.2) is 5.75 Å². The minimum Gasteiger partial charge on any atom is -0.490 e. The fourth-order valence-corrected chi connectivity index (χ4v) is 3.68. The number of anilines is 1. The molecule has 0 unspecified atom stereocenters. The van der Waals surface area contributed by atoms with E-state index in [9.17, 15) is 10.1 Å². The maximum absolute atomic E-state index is 11.0. The van der Waals surface area contributed by atoms with Gasteiger partial charge in [0, 0.05) is 49.5 Å². The molecule has 0 spiro atoms. The molecule has 132 valence electrons. The van der Waals surface area contributed by atoms with Crippen molar-refractivity contribution < 1.29 is 14.4 Å². The molecule has 24 heavy (non-hydrogen) atoms. The number of nitrogens with zero attached hydrogens (tertiary/aromatic N) is 3. The van der Waals surface area contributed by atoms with Gasteiger partial charge in [-0.1, -0.05) is 0 Å². The second-order valence-electron chi connectivity index (χ2n) is 6.70.